The van der Waals surface area contributed by atoms with E-state index in [4.69, 9.17) is 11.6 Å². The molecule has 2 aromatic rings. The van der Waals surface area contributed by atoms with Crippen LogP contribution in [0.5, 0.6) is 0 Å². The average Bonchev–Trinajstić information content (AvgIpc) is 3.32. The fourth-order valence-corrected chi connectivity index (χ4v) is 2.50. The van der Waals surface area contributed by atoms with Crippen LogP contribution in [0.1, 0.15) is 37.1 Å². The predicted molar refractivity (Wildman–Crippen MR) is 83.5 cm³/mol. The number of aromatic nitrogens is 2. The van der Waals surface area contributed by atoms with Gasteiger partial charge in [0.05, 0.1) is 12.1 Å². The molecule has 0 aliphatic heterocycles. The molecule has 1 aliphatic rings. The Kier molecular flexibility index (Phi) is 3.83. The van der Waals surface area contributed by atoms with Crippen LogP contribution in [0.15, 0.2) is 36.4 Å². The van der Waals surface area contributed by atoms with Gasteiger partial charge in [-0.25, -0.2) is 9.97 Å². The van der Waals surface area contributed by atoms with Gasteiger partial charge in [-0.15, -0.1) is 0 Å². The molecule has 3 rings (SSSR count). The van der Waals surface area contributed by atoms with E-state index in [9.17, 15) is 5.11 Å². The second-order valence-corrected chi connectivity index (χ2v) is 6.08. The molecule has 5 heteroatoms. The average molecular weight is 304 g/mol. The summed E-state index contributed by atoms with van der Waals surface area (Å²) < 4.78 is 0. The van der Waals surface area contributed by atoms with Crippen LogP contribution in [-0.2, 0) is 5.54 Å². The lowest BCUT2D eigenvalue weighted by Crippen LogP contribution is -2.36. The van der Waals surface area contributed by atoms with Gasteiger partial charge in [0.1, 0.15) is 16.8 Å². The summed E-state index contributed by atoms with van der Waals surface area (Å²) >= 11 is 6.09. The van der Waals surface area contributed by atoms with Crippen molar-refractivity contribution in [3.8, 4) is 0 Å². The minimum absolute atomic E-state index is 0.0442. The molecule has 1 fully saturated rings. The molecular weight excluding hydrogens is 286 g/mol. The van der Waals surface area contributed by atoms with Gasteiger partial charge >= 0.3 is 0 Å². The van der Waals surface area contributed by atoms with E-state index >= 15 is 0 Å². The minimum Gasteiger partial charge on any atom is -0.394 e. The molecule has 110 valence electrons. The zero-order chi connectivity index (χ0) is 14.9. The summed E-state index contributed by atoms with van der Waals surface area (Å²) in [6.07, 6.45) is 2.24. The Morgan fingerprint density at radius 3 is 2.62 bits per heavy atom. The quantitative estimate of drug-likeness (QED) is 0.832. The van der Waals surface area contributed by atoms with E-state index in [1.165, 1.54) is 0 Å². The smallest absolute Gasteiger partial charge is 0.135 e. The molecule has 21 heavy (non-hydrogen) atoms. The molecule has 0 amide bonds. The first-order valence-corrected chi connectivity index (χ1v) is 7.47. The van der Waals surface area contributed by atoms with Crippen molar-refractivity contribution in [3.63, 3.8) is 0 Å². The summed E-state index contributed by atoms with van der Waals surface area (Å²) in [4.78, 5) is 8.81. The van der Waals surface area contributed by atoms with Crippen LogP contribution in [0.3, 0.4) is 0 Å². The van der Waals surface area contributed by atoms with Gasteiger partial charge in [-0.05, 0) is 25.3 Å². The molecule has 1 aromatic heterocycles. The Hall–Kier alpha value is -1.65. The maximum Gasteiger partial charge on any atom is 0.135 e. The maximum atomic E-state index is 9.82. The van der Waals surface area contributed by atoms with Crippen LogP contribution in [-0.4, -0.2) is 21.7 Å². The number of rotatable bonds is 5. The maximum absolute atomic E-state index is 9.82. The van der Waals surface area contributed by atoms with Crippen molar-refractivity contribution in [2.75, 3.05) is 11.9 Å². The van der Waals surface area contributed by atoms with Crippen LogP contribution in [0, 0.1) is 0 Å². The van der Waals surface area contributed by atoms with Crippen LogP contribution in [0.2, 0.25) is 5.15 Å². The Morgan fingerprint density at radius 2 is 2.00 bits per heavy atom. The van der Waals surface area contributed by atoms with Crippen molar-refractivity contribution in [2.45, 2.75) is 31.2 Å². The summed E-state index contributed by atoms with van der Waals surface area (Å²) in [7, 11) is 0. The summed E-state index contributed by atoms with van der Waals surface area (Å²) in [6.45, 7) is 1.90. The van der Waals surface area contributed by atoms with Gasteiger partial charge in [-0.2, -0.15) is 0 Å². The molecule has 1 saturated carbocycles. The molecule has 0 spiro atoms. The van der Waals surface area contributed by atoms with E-state index in [0.29, 0.717) is 16.9 Å². The number of aliphatic hydroxyl groups is 1. The van der Waals surface area contributed by atoms with Crippen LogP contribution >= 0.6 is 11.6 Å². The van der Waals surface area contributed by atoms with Gasteiger partial charge in [-0.3, -0.25) is 0 Å². The number of nitrogens with one attached hydrogen (secondary N) is 1. The highest BCUT2D eigenvalue weighted by atomic mass is 35.5. The fraction of sp³-hybridized carbons (Fsp3) is 0.375. The fourth-order valence-electron chi connectivity index (χ4n) is 2.32. The first-order valence-electron chi connectivity index (χ1n) is 7.10. The lowest BCUT2D eigenvalue weighted by Gasteiger charge is -2.30. The van der Waals surface area contributed by atoms with E-state index in [1.54, 1.807) is 6.07 Å². The van der Waals surface area contributed by atoms with Gasteiger partial charge < -0.3 is 10.4 Å². The third-order valence-corrected chi connectivity index (χ3v) is 3.98. The van der Waals surface area contributed by atoms with E-state index in [2.05, 4.69) is 15.3 Å². The van der Waals surface area contributed by atoms with Crippen LogP contribution < -0.4 is 5.32 Å². The zero-order valence-electron chi connectivity index (χ0n) is 11.9. The first kappa shape index (κ1) is 14.3. The lowest BCUT2D eigenvalue weighted by atomic mass is 9.93. The topological polar surface area (TPSA) is 58.0 Å². The molecule has 2 N–H and O–H groups in total. The number of benzene rings is 1. The summed E-state index contributed by atoms with van der Waals surface area (Å²) in [5, 5.41) is 13.6. The van der Waals surface area contributed by atoms with Crippen LogP contribution in [0.25, 0.3) is 0 Å². The SMILES string of the molecule is CC(CO)(Nc1cc(Cl)nc(C2CC2)n1)c1ccccc1. The normalized spacial score (nSPS) is 17.3. The molecule has 1 heterocycles. The highest BCUT2D eigenvalue weighted by Crippen LogP contribution is 2.39. The van der Waals surface area contributed by atoms with Crippen molar-refractivity contribution in [1.82, 2.24) is 9.97 Å². The first-order chi connectivity index (χ1) is 10.1. The second-order valence-electron chi connectivity index (χ2n) is 5.69. The van der Waals surface area contributed by atoms with Crippen molar-refractivity contribution in [2.24, 2.45) is 0 Å². The third kappa shape index (κ3) is 3.17. The highest BCUT2D eigenvalue weighted by Gasteiger charge is 2.29. The number of nitrogens with zero attached hydrogens (tertiary/aromatic N) is 2. The lowest BCUT2D eigenvalue weighted by molar-refractivity contribution is 0.223. The zero-order valence-corrected chi connectivity index (χ0v) is 12.6. The highest BCUT2D eigenvalue weighted by molar-refractivity contribution is 6.29. The van der Waals surface area contributed by atoms with Gasteiger partial charge in [0.25, 0.3) is 0 Å². The van der Waals surface area contributed by atoms with Crippen molar-refractivity contribution < 1.29 is 5.11 Å². The van der Waals surface area contributed by atoms with E-state index < -0.39 is 5.54 Å². The largest absolute Gasteiger partial charge is 0.394 e. The molecule has 0 saturated heterocycles. The molecular formula is C16H18ClN3O. The Bertz CT molecular complexity index is 631. The molecule has 1 atom stereocenters. The van der Waals surface area contributed by atoms with Crippen molar-refractivity contribution >= 4 is 17.4 Å². The summed E-state index contributed by atoms with van der Waals surface area (Å²) in [5.41, 5.74) is 0.384. The molecule has 0 bridgehead atoms. The van der Waals surface area contributed by atoms with Gasteiger partial charge in [-0.1, -0.05) is 41.9 Å². The minimum atomic E-state index is -0.611. The number of halogens is 1. The molecule has 1 unspecified atom stereocenters. The Morgan fingerprint density at radius 1 is 1.29 bits per heavy atom. The van der Waals surface area contributed by atoms with Crippen LogP contribution in [0.4, 0.5) is 5.82 Å². The van der Waals surface area contributed by atoms with E-state index in [1.807, 2.05) is 37.3 Å². The standard InChI is InChI=1S/C16H18ClN3O/c1-16(10-21,12-5-3-2-4-6-12)20-14-9-13(17)18-15(19-14)11-7-8-11/h2-6,9,11,21H,7-8,10H2,1H3,(H,18,19,20). The van der Waals surface area contributed by atoms with Crippen molar-refractivity contribution in [1.29, 1.82) is 0 Å². The molecule has 1 aliphatic carbocycles. The summed E-state index contributed by atoms with van der Waals surface area (Å²) in [6, 6.07) is 11.5. The third-order valence-electron chi connectivity index (χ3n) is 3.79. The molecule has 1 aromatic carbocycles. The number of anilines is 1. The van der Waals surface area contributed by atoms with Crippen molar-refractivity contribution in [3.05, 3.63) is 52.9 Å². The van der Waals surface area contributed by atoms with Gasteiger partial charge in [0.2, 0.25) is 0 Å². The Labute approximate surface area is 129 Å². The number of aliphatic hydroxyl groups excluding tert-OH is 1. The second kappa shape index (κ2) is 5.62. The monoisotopic (exact) mass is 303 g/mol. The van der Waals surface area contributed by atoms with Gasteiger partial charge in [0.15, 0.2) is 0 Å². The summed E-state index contributed by atoms with van der Waals surface area (Å²) in [5.74, 6) is 1.87. The van der Waals surface area contributed by atoms with E-state index in [-0.39, 0.29) is 6.61 Å². The molecule has 0 radical (unpaired) electrons. The Balaban J connectivity index is 1.90. The predicted octanol–water partition coefficient (Wildman–Crippen LogP) is 3.33. The number of hydrogen-bond acceptors (Lipinski definition) is 4. The van der Waals surface area contributed by atoms with Gasteiger partial charge in [0, 0.05) is 12.0 Å². The van der Waals surface area contributed by atoms with E-state index in [0.717, 1.165) is 24.2 Å². The molecule has 4 nitrogen and oxygen atoms in total. The number of hydrogen-bond donors (Lipinski definition) is 2.